The second-order valence-electron chi connectivity index (χ2n) is 8.32. The van der Waals surface area contributed by atoms with Gasteiger partial charge in [-0.15, -0.1) is 0 Å². The molecule has 5 heteroatoms. The van der Waals surface area contributed by atoms with Crippen LogP contribution in [0, 0.1) is 17.8 Å². The Bertz CT molecular complexity index is 636. The summed E-state index contributed by atoms with van der Waals surface area (Å²) in [5.41, 5.74) is 0.277. The molecule has 144 valence electrons. The quantitative estimate of drug-likeness (QED) is 0.841. The van der Waals surface area contributed by atoms with Crippen molar-refractivity contribution in [3.8, 4) is 5.75 Å². The molecule has 1 N–H and O–H groups in total. The van der Waals surface area contributed by atoms with Gasteiger partial charge in [0.2, 0.25) is 5.91 Å². The lowest BCUT2D eigenvalue weighted by Crippen LogP contribution is -2.50. The summed E-state index contributed by atoms with van der Waals surface area (Å²) in [6.45, 7) is 11.6. The van der Waals surface area contributed by atoms with E-state index >= 15 is 0 Å². The van der Waals surface area contributed by atoms with Crippen LogP contribution in [0.15, 0.2) is 24.3 Å². The minimum atomic E-state index is -0.763. The molecule has 0 bridgehead atoms. The molecule has 1 aliphatic rings. The monoisotopic (exact) mass is 361 g/mol. The highest BCUT2D eigenvalue weighted by Crippen LogP contribution is 2.31. The van der Waals surface area contributed by atoms with Crippen LogP contribution in [0.25, 0.3) is 0 Å². The molecule has 0 aromatic heterocycles. The van der Waals surface area contributed by atoms with Crippen LogP contribution >= 0.6 is 0 Å². The standard InChI is InChI=1S/C21H31NO4/c1-14(2)13-26-17-8-6-16(7-9-17)21(4,5)20(25)22-11-10-18(19(23)24)15(3)12-22/h6-9,14-15,18H,10-13H2,1-5H3,(H,23,24). The molecule has 1 heterocycles. The average molecular weight is 361 g/mol. The van der Waals surface area contributed by atoms with Crippen LogP contribution in [0.4, 0.5) is 0 Å². The van der Waals surface area contributed by atoms with Gasteiger partial charge in [0.15, 0.2) is 0 Å². The summed E-state index contributed by atoms with van der Waals surface area (Å²) in [4.78, 5) is 26.2. The number of rotatable bonds is 6. The van der Waals surface area contributed by atoms with Gasteiger partial charge in [0, 0.05) is 13.1 Å². The molecule has 1 fully saturated rings. The van der Waals surface area contributed by atoms with E-state index in [1.54, 1.807) is 0 Å². The molecule has 2 unspecified atom stereocenters. The van der Waals surface area contributed by atoms with Gasteiger partial charge < -0.3 is 14.7 Å². The lowest BCUT2D eigenvalue weighted by Gasteiger charge is -2.39. The summed E-state index contributed by atoms with van der Waals surface area (Å²) in [5, 5.41) is 9.26. The molecule has 1 aromatic rings. The molecule has 1 aliphatic heterocycles. The molecule has 26 heavy (non-hydrogen) atoms. The van der Waals surface area contributed by atoms with Crippen LogP contribution < -0.4 is 4.74 Å². The van der Waals surface area contributed by atoms with Gasteiger partial charge in [-0.25, -0.2) is 0 Å². The number of carboxylic acid groups (broad SMARTS) is 1. The third-order valence-electron chi connectivity index (χ3n) is 5.20. The van der Waals surface area contributed by atoms with Crippen LogP contribution in [0.3, 0.4) is 0 Å². The van der Waals surface area contributed by atoms with Gasteiger partial charge in [0.25, 0.3) is 0 Å². The molecule has 0 radical (unpaired) electrons. The minimum absolute atomic E-state index is 0.0344. The number of hydrogen-bond acceptors (Lipinski definition) is 3. The molecule has 0 aliphatic carbocycles. The van der Waals surface area contributed by atoms with Crippen molar-refractivity contribution in [3.05, 3.63) is 29.8 Å². The first kappa shape index (κ1) is 20.3. The second kappa shape index (κ2) is 8.11. The van der Waals surface area contributed by atoms with E-state index in [0.717, 1.165) is 11.3 Å². The Balaban J connectivity index is 2.06. The van der Waals surface area contributed by atoms with Gasteiger partial charge in [0.1, 0.15) is 5.75 Å². The Morgan fingerprint density at radius 1 is 1.27 bits per heavy atom. The van der Waals surface area contributed by atoms with E-state index in [4.69, 9.17) is 4.74 Å². The molecule has 0 spiro atoms. The fraction of sp³-hybridized carbons (Fsp3) is 0.619. The second-order valence-corrected chi connectivity index (χ2v) is 8.32. The predicted octanol–water partition coefficient (Wildman–Crippen LogP) is 3.57. The number of ether oxygens (including phenoxy) is 1. The van der Waals surface area contributed by atoms with Gasteiger partial charge in [-0.2, -0.15) is 0 Å². The highest BCUT2D eigenvalue weighted by molar-refractivity contribution is 5.87. The van der Waals surface area contributed by atoms with Gasteiger partial charge >= 0.3 is 5.97 Å². The third-order valence-corrected chi connectivity index (χ3v) is 5.20. The number of aliphatic carboxylic acids is 1. The van der Waals surface area contributed by atoms with Crippen molar-refractivity contribution in [2.24, 2.45) is 17.8 Å². The molecule has 1 amide bonds. The number of benzene rings is 1. The summed E-state index contributed by atoms with van der Waals surface area (Å²) < 4.78 is 5.71. The number of likely N-dealkylation sites (tertiary alicyclic amines) is 1. The van der Waals surface area contributed by atoms with Crippen LogP contribution in [0.5, 0.6) is 5.75 Å². The van der Waals surface area contributed by atoms with Crippen molar-refractivity contribution in [1.82, 2.24) is 4.90 Å². The minimum Gasteiger partial charge on any atom is -0.493 e. The van der Waals surface area contributed by atoms with E-state index < -0.39 is 11.4 Å². The first-order valence-electron chi connectivity index (χ1n) is 9.38. The lowest BCUT2D eigenvalue weighted by atomic mass is 9.81. The fourth-order valence-electron chi connectivity index (χ4n) is 3.45. The number of carbonyl (C=O) groups excluding carboxylic acids is 1. The SMILES string of the molecule is CC(C)COc1ccc(C(C)(C)C(=O)N2CCC(C(=O)O)C(C)C2)cc1. The van der Waals surface area contributed by atoms with E-state index in [9.17, 15) is 14.7 Å². The molecule has 5 nitrogen and oxygen atoms in total. The molecule has 2 rings (SSSR count). The zero-order chi connectivity index (χ0) is 19.5. The third kappa shape index (κ3) is 4.57. The maximum atomic E-state index is 13.1. The Morgan fingerprint density at radius 3 is 2.38 bits per heavy atom. The fourth-order valence-corrected chi connectivity index (χ4v) is 3.45. The molecular formula is C21H31NO4. The van der Waals surface area contributed by atoms with Crippen molar-refractivity contribution in [1.29, 1.82) is 0 Å². The van der Waals surface area contributed by atoms with Crippen LogP contribution in [-0.4, -0.2) is 41.6 Å². The largest absolute Gasteiger partial charge is 0.493 e. The Labute approximate surface area is 156 Å². The highest BCUT2D eigenvalue weighted by Gasteiger charge is 2.39. The van der Waals surface area contributed by atoms with Crippen molar-refractivity contribution in [2.45, 2.75) is 46.5 Å². The van der Waals surface area contributed by atoms with Crippen LogP contribution in [-0.2, 0) is 15.0 Å². The predicted molar refractivity (Wildman–Crippen MR) is 101 cm³/mol. The number of carbonyl (C=O) groups is 2. The summed E-state index contributed by atoms with van der Waals surface area (Å²) in [7, 11) is 0. The lowest BCUT2D eigenvalue weighted by molar-refractivity contribution is -0.149. The normalized spacial score (nSPS) is 20.9. The highest BCUT2D eigenvalue weighted by atomic mass is 16.5. The number of carboxylic acids is 1. The topological polar surface area (TPSA) is 66.8 Å². The molecule has 2 atom stereocenters. The number of piperidine rings is 1. The first-order chi connectivity index (χ1) is 12.1. The number of amides is 1. The zero-order valence-electron chi connectivity index (χ0n) is 16.5. The summed E-state index contributed by atoms with van der Waals surface area (Å²) in [6, 6.07) is 7.71. The van der Waals surface area contributed by atoms with Gasteiger partial charge in [-0.05, 0) is 49.8 Å². The van der Waals surface area contributed by atoms with Crippen molar-refractivity contribution in [2.75, 3.05) is 19.7 Å². The van der Waals surface area contributed by atoms with Crippen molar-refractivity contribution in [3.63, 3.8) is 0 Å². The Morgan fingerprint density at radius 2 is 1.88 bits per heavy atom. The van der Waals surface area contributed by atoms with Crippen molar-refractivity contribution < 1.29 is 19.4 Å². The van der Waals surface area contributed by atoms with Crippen molar-refractivity contribution >= 4 is 11.9 Å². The Hall–Kier alpha value is -2.04. The van der Waals surface area contributed by atoms with Crippen LogP contribution in [0.2, 0.25) is 0 Å². The number of nitrogens with zero attached hydrogens (tertiary/aromatic N) is 1. The number of hydrogen-bond donors (Lipinski definition) is 1. The average Bonchev–Trinajstić information content (AvgIpc) is 2.59. The molecule has 0 saturated carbocycles. The molecular weight excluding hydrogens is 330 g/mol. The summed E-state index contributed by atoms with van der Waals surface area (Å²) >= 11 is 0. The van der Waals surface area contributed by atoms with Gasteiger partial charge in [-0.1, -0.05) is 32.9 Å². The molecule has 1 saturated heterocycles. The maximum absolute atomic E-state index is 13.1. The van der Waals surface area contributed by atoms with E-state index in [1.807, 2.05) is 49.9 Å². The van der Waals surface area contributed by atoms with Gasteiger partial charge in [-0.3, -0.25) is 9.59 Å². The first-order valence-corrected chi connectivity index (χ1v) is 9.38. The zero-order valence-corrected chi connectivity index (χ0v) is 16.5. The van der Waals surface area contributed by atoms with Crippen LogP contribution in [0.1, 0.15) is 46.6 Å². The summed E-state index contributed by atoms with van der Waals surface area (Å²) in [5.74, 6) is 0.155. The Kier molecular flexibility index (Phi) is 6.32. The summed E-state index contributed by atoms with van der Waals surface area (Å²) in [6.07, 6.45) is 0.514. The van der Waals surface area contributed by atoms with E-state index in [2.05, 4.69) is 13.8 Å². The smallest absolute Gasteiger partial charge is 0.306 e. The van der Waals surface area contributed by atoms with Gasteiger partial charge in [0.05, 0.1) is 17.9 Å². The maximum Gasteiger partial charge on any atom is 0.306 e. The molecule has 1 aromatic carbocycles. The van der Waals surface area contributed by atoms with E-state index in [-0.39, 0.29) is 17.7 Å². The van der Waals surface area contributed by atoms with E-state index in [1.165, 1.54) is 0 Å². The van der Waals surface area contributed by atoms with E-state index in [0.29, 0.717) is 32.0 Å².